The number of benzene rings is 1. The summed E-state index contributed by atoms with van der Waals surface area (Å²) in [6.45, 7) is 0. The molecular formula is C7H3BrFNO. The molecular weight excluding hydrogens is 213 g/mol. The van der Waals surface area contributed by atoms with Crippen molar-refractivity contribution in [3.05, 3.63) is 28.0 Å². The van der Waals surface area contributed by atoms with Gasteiger partial charge in [-0.05, 0) is 22.0 Å². The Morgan fingerprint density at radius 1 is 1.55 bits per heavy atom. The highest BCUT2D eigenvalue weighted by atomic mass is 79.9. The number of halogens is 2. The van der Waals surface area contributed by atoms with Gasteiger partial charge in [0, 0.05) is 6.07 Å². The monoisotopic (exact) mass is 215 g/mol. The molecule has 56 valence electrons. The van der Waals surface area contributed by atoms with E-state index in [-0.39, 0.29) is 15.8 Å². The van der Waals surface area contributed by atoms with Crippen molar-refractivity contribution in [2.75, 3.05) is 0 Å². The van der Waals surface area contributed by atoms with Crippen molar-refractivity contribution in [3.63, 3.8) is 0 Å². The molecule has 11 heavy (non-hydrogen) atoms. The maximum Gasteiger partial charge on any atom is 0.142 e. The Morgan fingerprint density at radius 3 is 2.73 bits per heavy atom. The molecule has 1 N–H and O–H groups in total. The van der Waals surface area contributed by atoms with Crippen molar-refractivity contribution in [3.8, 4) is 11.8 Å². The zero-order valence-electron chi connectivity index (χ0n) is 5.31. The Labute approximate surface area is 71.0 Å². The predicted molar refractivity (Wildman–Crippen MR) is 40.5 cm³/mol. The van der Waals surface area contributed by atoms with E-state index in [4.69, 9.17) is 10.4 Å². The van der Waals surface area contributed by atoms with E-state index in [9.17, 15) is 4.39 Å². The van der Waals surface area contributed by atoms with Gasteiger partial charge in [-0.3, -0.25) is 0 Å². The van der Waals surface area contributed by atoms with Crippen LogP contribution in [0.15, 0.2) is 16.6 Å². The van der Waals surface area contributed by atoms with E-state index in [0.29, 0.717) is 0 Å². The number of rotatable bonds is 0. The van der Waals surface area contributed by atoms with Crippen molar-refractivity contribution >= 4 is 15.9 Å². The lowest BCUT2D eigenvalue weighted by molar-refractivity contribution is 0.469. The summed E-state index contributed by atoms with van der Waals surface area (Å²) >= 11 is 2.91. The van der Waals surface area contributed by atoms with Gasteiger partial charge in [0.15, 0.2) is 0 Å². The Morgan fingerprint density at radius 2 is 2.18 bits per heavy atom. The molecule has 0 aliphatic carbocycles. The van der Waals surface area contributed by atoms with E-state index in [1.807, 2.05) is 0 Å². The summed E-state index contributed by atoms with van der Waals surface area (Å²) in [6, 6.07) is 3.73. The molecule has 0 aliphatic rings. The zero-order chi connectivity index (χ0) is 8.43. The van der Waals surface area contributed by atoms with Crippen LogP contribution in [0.4, 0.5) is 4.39 Å². The summed E-state index contributed by atoms with van der Waals surface area (Å²) in [7, 11) is 0. The van der Waals surface area contributed by atoms with E-state index >= 15 is 0 Å². The van der Waals surface area contributed by atoms with Crippen molar-refractivity contribution in [1.29, 1.82) is 5.26 Å². The number of nitrogens with zero attached hydrogens (tertiary/aromatic N) is 1. The fourth-order valence-corrected chi connectivity index (χ4v) is 0.939. The SMILES string of the molecule is N#Cc1cc(O)c(Br)cc1F. The van der Waals surface area contributed by atoms with Crippen LogP contribution >= 0.6 is 15.9 Å². The highest BCUT2D eigenvalue weighted by Crippen LogP contribution is 2.26. The van der Waals surface area contributed by atoms with Crippen LogP contribution < -0.4 is 0 Å². The first-order chi connectivity index (χ1) is 5.15. The minimum Gasteiger partial charge on any atom is -0.507 e. The third-order valence-corrected chi connectivity index (χ3v) is 1.79. The molecule has 0 saturated carbocycles. The Hall–Kier alpha value is -1.08. The maximum absolute atomic E-state index is 12.7. The van der Waals surface area contributed by atoms with Gasteiger partial charge >= 0.3 is 0 Å². The first kappa shape index (κ1) is 8.02. The van der Waals surface area contributed by atoms with Crippen LogP contribution in [0.25, 0.3) is 0 Å². The average Bonchev–Trinajstić information content (AvgIpc) is 1.97. The zero-order valence-corrected chi connectivity index (χ0v) is 6.89. The molecule has 1 aromatic rings. The highest BCUT2D eigenvalue weighted by Gasteiger charge is 2.05. The minimum atomic E-state index is -0.642. The van der Waals surface area contributed by atoms with E-state index in [1.54, 1.807) is 6.07 Å². The molecule has 0 saturated heterocycles. The lowest BCUT2D eigenvalue weighted by Crippen LogP contribution is -1.82. The third kappa shape index (κ3) is 1.49. The molecule has 0 bridgehead atoms. The molecule has 0 atom stereocenters. The lowest BCUT2D eigenvalue weighted by Gasteiger charge is -1.97. The van der Waals surface area contributed by atoms with E-state index < -0.39 is 5.82 Å². The Bertz CT molecular complexity index is 332. The maximum atomic E-state index is 12.7. The quantitative estimate of drug-likeness (QED) is 0.722. The van der Waals surface area contributed by atoms with Gasteiger partial charge in [-0.15, -0.1) is 0 Å². The number of nitriles is 1. The van der Waals surface area contributed by atoms with E-state index in [2.05, 4.69) is 15.9 Å². The van der Waals surface area contributed by atoms with Gasteiger partial charge in [-0.1, -0.05) is 0 Å². The molecule has 0 aromatic heterocycles. The molecule has 0 amide bonds. The molecule has 1 rings (SSSR count). The van der Waals surface area contributed by atoms with Gasteiger partial charge in [0.1, 0.15) is 17.6 Å². The summed E-state index contributed by atoms with van der Waals surface area (Å²) in [5.74, 6) is -0.778. The highest BCUT2D eigenvalue weighted by molar-refractivity contribution is 9.10. The summed E-state index contributed by atoms with van der Waals surface area (Å²) in [6.07, 6.45) is 0. The summed E-state index contributed by atoms with van der Waals surface area (Å²) < 4.78 is 12.9. The topological polar surface area (TPSA) is 44.0 Å². The molecule has 2 nitrogen and oxygen atoms in total. The number of aromatic hydroxyl groups is 1. The van der Waals surface area contributed by atoms with Gasteiger partial charge < -0.3 is 5.11 Å². The fraction of sp³-hybridized carbons (Fsp3) is 0. The van der Waals surface area contributed by atoms with Crippen LogP contribution in [-0.2, 0) is 0 Å². The second kappa shape index (κ2) is 2.89. The van der Waals surface area contributed by atoms with Crippen LogP contribution in [0.2, 0.25) is 0 Å². The molecule has 0 fully saturated rings. The smallest absolute Gasteiger partial charge is 0.142 e. The fourth-order valence-electron chi connectivity index (χ4n) is 0.623. The number of hydrogen-bond donors (Lipinski definition) is 1. The molecule has 1 aromatic carbocycles. The van der Waals surface area contributed by atoms with Gasteiger partial charge in [0.05, 0.1) is 10.0 Å². The Balaban J connectivity index is 3.35. The Kier molecular flexibility index (Phi) is 2.11. The number of phenolic OH excluding ortho intramolecular Hbond substituents is 1. The van der Waals surface area contributed by atoms with Gasteiger partial charge in [0.25, 0.3) is 0 Å². The van der Waals surface area contributed by atoms with E-state index in [1.165, 1.54) is 0 Å². The second-order valence-corrected chi connectivity index (χ2v) is 2.75. The minimum absolute atomic E-state index is 0.136. The molecule has 0 heterocycles. The van der Waals surface area contributed by atoms with Gasteiger partial charge in [-0.2, -0.15) is 5.26 Å². The molecule has 0 aliphatic heterocycles. The van der Waals surface area contributed by atoms with Crippen LogP contribution in [0.1, 0.15) is 5.56 Å². The summed E-state index contributed by atoms with van der Waals surface area (Å²) in [5, 5.41) is 17.3. The number of hydrogen-bond acceptors (Lipinski definition) is 2. The molecule has 0 unspecified atom stereocenters. The van der Waals surface area contributed by atoms with Gasteiger partial charge in [0.2, 0.25) is 0 Å². The average molecular weight is 216 g/mol. The second-order valence-electron chi connectivity index (χ2n) is 1.90. The summed E-state index contributed by atoms with van der Waals surface area (Å²) in [5.41, 5.74) is -0.161. The van der Waals surface area contributed by atoms with E-state index in [0.717, 1.165) is 12.1 Å². The van der Waals surface area contributed by atoms with Crippen LogP contribution in [0.3, 0.4) is 0 Å². The standard InChI is InChI=1S/C7H3BrFNO/c8-5-2-6(9)4(3-10)1-7(5)11/h1-2,11H. The number of phenols is 1. The van der Waals surface area contributed by atoms with Crippen LogP contribution in [-0.4, -0.2) is 5.11 Å². The predicted octanol–water partition coefficient (Wildman–Crippen LogP) is 2.17. The molecule has 4 heteroatoms. The largest absolute Gasteiger partial charge is 0.507 e. The van der Waals surface area contributed by atoms with Crippen LogP contribution in [0.5, 0.6) is 5.75 Å². The van der Waals surface area contributed by atoms with Gasteiger partial charge in [-0.25, -0.2) is 4.39 Å². The summed E-state index contributed by atoms with van der Waals surface area (Å²) in [4.78, 5) is 0. The first-order valence-electron chi connectivity index (χ1n) is 2.73. The normalized spacial score (nSPS) is 9.18. The third-order valence-electron chi connectivity index (χ3n) is 1.16. The molecule has 0 radical (unpaired) electrons. The van der Waals surface area contributed by atoms with Crippen molar-refractivity contribution in [1.82, 2.24) is 0 Å². The lowest BCUT2D eigenvalue weighted by atomic mass is 10.2. The van der Waals surface area contributed by atoms with Crippen molar-refractivity contribution in [2.24, 2.45) is 0 Å². The first-order valence-corrected chi connectivity index (χ1v) is 3.52. The molecule has 0 spiro atoms. The van der Waals surface area contributed by atoms with Crippen molar-refractivity contribution < 1.29 is 9.50 Å². The van der Waals surface area contributed by atoms with Crippen LogP contribution in [0, 0.1) is 17.1 Å². The van der Waals surface area contributed by atoms with Crippen molar-refractivity contribution in [2.45, 2.75) is 0 Å².